The Bertz CT molecular complexity index is 1070. The van der Waals surface area contributed by atoms with Crippen LogP contribution in [0.4, 0.5) is 4.39 Å². The van der Waals surface area contributed by atoms with Gasteiger partial charge in [0.25, 0.3) is 0 Å². The van der Waals surface area contributed by atoms with Crippen LogP contribution in [0, 0.1) is 12.3 Å². The molecule has 35 heavy (non-hydrogen) atoms. The Morgan fingerprint density at radius 3 is 2.66 bits per heavy atom. The van der Waals surface area contributed by atoms with Gasteiger partial charge in [0.15, 0.2) is 0 Å². The Labute approximate surface area is 207 Å². The Balaban J connectivity index is 1.49. The van der Waals surface area contributed by atoms with Gasteiger partial charge >= 0.3 is 5.97 Å². The molecule has 0 amide bonds. The van der Waals surface area contributed by atoms with Crippen LogP contribution in [0.2, 0.25) is 0 Å². The van der Waals surface area contributed by atoms with Gasteiger partial charge in [-0.05, 0) is 75.9 Å². The molecular weight excluding hydrogens is 445 g/mol. The molecule has 5 nitrogen and oxygen atoms in total. The molecule has 0 N–H and O–H groups in total. The molecule has 0 bridgehead atoms. The zero-order chi connectivity index (χ0) is 25.0. The molecule has 0 spiro atoms. The monoisotopic (exact) mass is 481 g/mol. The van der Waals surface area contributed by atoms with Crippen molar-refractivity contribution in [2.75, 3.05) is 32.9 Å². The van der Waals surface area contributed by atoms with Crippen molar-refractivity contribution < 1.29 is 23.4 Å². The summed E-state index contributed by atoms with van der Waals surface area (Å²) in [6, 6.07) is 12.0. The maximum absolute atomic E-state index is 12.4. The highest BCUT2D eigenvalue weighted by Gasteiger charge is 2.27. The van der Waals surface area contributed by atoms with E-state index in [-0.39, 0.29) is 18.7 Å². The van der Waals surface area contributed by atoms with E-state index in [4.69, 9.17) is 14.2 Å². The van der Waals surface area contributed by atoms with Gasteiger partial charge in [-0.15, -0.1) is 0 Å². The van der Waals surface area contributed by atoms with E-state index in [1.807, 2.05) is 52.0 Å². The van der Waals surface area contributed by atoms with Crippen LogP contribution in [-0.4, -0.2) is 49.9 Å². The van der Waals surface area contributed by atoms with E-state index >= 15 is 0 Å². The van der Waals surface area contributed by atoms with Gasteiger partial charge in [0.2, 0.25) is 0 Å². The number of carbonyl (C=O) groups excluding carboxylic acids is 1. The Hall–Kier alpha value is -2.86. The molecule has 0 radical (unpaired) electrons. The topological polar surface area (TPSA) is 48.0 Å². The van der Waals surface area contributed by atoms with Crippen molar-refractivity contribution in [2.24, 2.45) is 5.41 Å². The highest BCUT2D eigenvalue weighted by atomic mass is 19.1. The molecule has 6 heteroatoms. The summed E-state index contributed by atoms with van der Waals surface area (Å²) in [5, 5.41) is 0. The van der Waals surface area contributed by atoms with Crippen LogP contribution in [0.1, 0.15) is 56.7 Å². The first-order valence-corrected chi connectivity index (χ1v) is 12.5. The average Bonchev–Trinajstić information content (AvgIpc) is 3.15. The second-order valence-electron chi connectivity index (χ2n) is 10.4. The van der Waals surface area contributed by atoms with Crippen molar-refractivity contribution in [3.63, 3.8) is 0 Å². The van der Waals surface area contributed by atoms with Crippen molar-refractivity contribution in [2.45, 2.75) is 53.1 Å². The van der Waals surface area contributed by atoms with Gasteiger partial charge in [0.05, 0.1) is 18.7 Å². The molecule has 0 unspecified atom stereocenters. The predicted molar refractivity (Wildman–Crippen MR) is 136 cm³/mol. The van der Waals surface area contributed by atoms with Crippen LogP contribution in [0.15, 0.2) is 42.5 Å². The second-order valence-corrected chi connectivity index (χ2v) is 10.4. The van der Waals surface area contributed by atoms with Crippen molar-refractivity contribution in [3.05, 3.63) is 59.2 Å². The molecule has 4 rings (SSSR count). The third-order valence-electron chi connectivity index (χ3n) is 6.48. The smallest absolute Gasteiger partial charge is 0.316 e. The summed E-state index contributed by atoms with van der Waals surface area (Å²) in [7, 11) is 0. The fraction of sp³-hybridized carbons (Fsp3) is 0.483. The number of hydrogen-bond donors (Lipinski definition) is 0. The van der Waals surface area contributed by atoms with Crippen molar-refractivity contribution in [1.29, 1.82) is 0 Å². The van der Waals surface area contributed by atoms with Gasteiger partial charge in [-0.1, -0.05) is 18.2 Å². The summed E-state index contributed by atoms with van der Waals surface area (Å²) in [5.74, 6) is 1.86. The number of ether oxygens (including phenoxy) is 3. The number of alkyl halides is 1. The third kappa shape index (κ3) is 6.04. The van der Waals surface area contributed by atoms with Gasteiger partial charge in [0.1, 0.15) is 23.4 Å². The molecule has 1 atom stereocenters. The summed E-state index contributed by atoms with van der Waals surface area (Å²) in [5.41, 5.74) is 3.41. The van der Waals surface area contributed by atoms with Gasteiger partial charge in [-0.2, -0.15) is 0 Å². The first-order valence-electron chi connectivity index (χ1n) is 12.5. The molecule has 0 aromatic heterocycles. The molecule has 1 saturated heterocycles. The average molecular weight is 482 g/mol. The van der Waals surface area contributed by atoms with E-state index in [0.717, 1.165) is 66.2 Å². The van der Waals surface area contributed by atoms with Gasteiger partial charge in [-0.3, -0.25) is 14.1 Å². The molecule has 2 aromatic rings. The summed E-state index contributed by atoms with van der Waals surface area (Å²) in [6.07, 6.45) is 4.67. The summed E-state index contributed by atoms with van der Waals surface area (Å²) >= 11 is 0. The highest BCUT2D eigenvalue weighted by molar-refractivity contribution is 5.85. The standard InChI is InChI=1S/C29H36FNO4/c1-20-26(35-28(32)29(2,3)4)13-12-25-24(7-5-18-33-27(20)25)21-8-10-22(11-9-21)34-23-14-17-31(19-23)16-6-15-30/h7-13,23H,5-6,14-19H2,1-4H3/t23-/m0/s1. The minimum absolute atomic E-state index is 0.142. The number of likely N-dealkylation sites (tertiary alicyclic amines) is 1. The Morgan fingerprint density at radius 2 is 1.94 bits per heavy atom. The lowest BCUT2D eigenvalue weighted by atomic mass is 9.94. The molecule has 2 aliphatic rings. The fourth-order valence-corrected chi connectivity index (χ4v) is 4.47. The lowest BCUT2D eigenvalue weighted by molar-refractivity contribution is -0.143. The van der Waals surface area contributed by atoms with Crippen LogP contribution >= 0.6 is 0 Å². The number of esters is 1. The van der Waals surface area contributed by atoms with E-state index < -0.39 is 5.41 Å². The molecule has 2 aromatic carbocycles. The van der Waals surface area contributed by atoms with Crippen molar-refractivity contribution in [1.82, 2.24) is 4.90 Å². The highest BCUT2D eigenvalue weighted by Crippen LogP contribution is 2.40. The van der Waals surface area contributed by atoms with E-state index in [0.29, 0.717) is 18.8 Å². The summed E-state index contributed by atoms with van der Waals surface area (Å²) in [6.45, 7) is 10.4. The zero-order valence-electron chi connectivity index (χ0n) is 21.2. The molecular formula is C29H36FNO4. The first kappa shape index (κ1) is 25.2. The number of rotatable bonds is 7. The van der Waals surface area contributed by atoms with Crippen LogP contribution in [0.3, 0.4) is 0 Å². The predicted octanol–water partition coefficient (Wildman–Crippen LogP) is 5.97. The first-order chi connectivity index (χ1) is 16.8. The van der Waals surface area contributed by atoms with E-state index in [1.165, 1.54) is 0 Å². The quantitative estimate of drug-likeness (QED) is 0.360. The zero-order valence-corrected chi connectivity index (χ0v) is 21.2. The molecule has 188 valence electrons. The number of halogens is 1. The lowest BCUT2D eigenvalue weighted by Crippen LogP contribution is -2.26. The number of benzene rings is 2. The van der Waals surface area contributed by atoms with Gasteiger partial charge in [-0.25, -0.2) is 0 Å². The Kier molecular flexibility index (Phi) is 7.80. The SMILES string of the molecule is Cc1c(OC(=O)C(C)(C)C)ccc2c1OCCC=C2c1ccc(O[C@H]2CCN(CCCF)C2)cc1. The molecule has 2 aliphatic heterocycles. The summed E-state index contributed by atoms with van der Waals surface area (Å²) in [4.78, 5) is 14.7. The molecule has 0 aliphatic carbocycles. The van der Waals surface area contributed by atoms with Crippen molar-refractivity contribution >= 4 is 11.5 Å². The summed E-state index contributed by atoms with van der Waals surface area (Å²) < 4.78 is 30.4. The lowest BCUT2D eigenvalue weighted by Gasteiger charge is -2.20. The number of fused-ring (bicyclic) bond motifs is 1. The minimum Gasteiger partial charge on any atom is -0.492 e. The van der Waals surface area contributed by atoms with E-state index in [1.54, 1.807) is 0 Å². The molecule has 0 saturated carbocycles. The van der Waals surface area contributed by atoms with Crippen LogP contribution in [0.25, 0.3) is 5.57 Å². The number of nitrogens with zero attached hydrogens (tertiary/aromatic N) is 1. The molecule has 2 heterocycles. The van der Waals surface area contributed by atoms with E-state index in [9.17, 15) is 9.18 Å². The maximum atomic E-state index is 12.4. The molecule has 1 fully saturated rings. The van der Waals surface area contributed by atoms with E-state index in [2.05, 4.69) is 23.1 Å². The van der Waals surface area contributed by atoms with Gasteiger partial charge in [0, 0.05) is 37.2 Å². The van der Waals surface area contributed by atoms with Crippen molar-refractivity contribution in [3.8, 4) is 17.2 Å². The fourth-order valence-electron chi connectivity index (χ4n) is 4.47. The number of hydrogen-bond acceptors (Lipinski definition) is 5. The minimum atomic E-state index is -0.583. The maximum Gasteiger partial charge on any atom is 0.316 e. The third-order valence-corrected chi connectivity index (χ3v) is 6.48. The van der Waals surface area contributed by atoms with Crippen LogP contribution in [-0.2, 0) is 4.79 Å². The second kappa shape index (κ2) is 10.8. The van der Waals surface area contributed by atoms with Gasteiger partial charge < -0.3 is 14.2 Å². The normalized spacial score (nSPS) is 18.3. The Morgan fingerprint density at radius 1 is 1.17 bits per heavy atom. The van der Waals surface area contributed by atoms with Crippen LogP contribution in [0.5, 0.6) is 17.2 Å². The largest absolute Gasteiger partial charge is 0.492 e. The number of carbonyl (C=O) groups is 1. The van der Waals surface area contributed by atoms with Crippen LogP contribution < -0.4 is 14.2 Å².